The van der Waals surface area contributed by atoms with Crippen molar-refractivity contribution < 1.29 is 14.6 Å². The van der Waals surface area contributed by atoms with Crippen LogP contribution in [-0.2, 0) is 4.79 Å². The molecular formula is C24H27N5O3S2. The van der Waals surface area contributed by atoms with Crippen molar-refractivity contribution in [3.63, 3.8) is 0 Å². The first-order chi connectivity index (χ1) is 16.5. The summed E-state index contributed by atoms with van der Waals surface area (Å²) in [4.78, 5) is 25.8. The summed E-state index contributed by atoms with van der Waals surface area (Å²) < 4.78 is 8.00. The number of hydrogen-bond acceptors (Lipinski definition) is 9. The van der Waals surface area contributed by atoms with Gasteiger partial charge in [0.1, 0.15) is 18.5 Å². The van der Waals surface area contributed by atoms with Crippen LogP contribution in [0.1, 0.15) is 5.01 Å². The van der Waals surface area contributed by atoms with Gasteiger partial charge in [0.05, 0.1) is 32.0 Å². The molecule has 1 saturated heterocycles. The van der Waals surface area contributed by atoms with E-state index in [0.717, 1.165) is 57.4 Å². The molecule has 1 aliphatic heterocycles. The number of benzene rings is 2. The molecule has 1 unspecified atom stereocenters. The number of thiazole rings is 2. The molecule has 1 aliphatic rings. The molecule has 8 nitrogen and oxygen atoms in total. The summed E-state index contributed by atoms with van der Waals surface area (Å²) in [5, 5.41) is 15.0. The van der Waals surface area contributed by atoms with Gasteiger partial charge in [0, 0.05) is 38.8 Å². The third-order valence-electron chi connectivity index (χ3n) is 5.75. The SMILES string of the molecule is Cc1nc2cc(OCC(O)CN3CCN(CC(=O)Nc4nc5ccccc5s4)CC3)ccc2s1. The Hall–Kier alpha value is -2.63. The second kappa shape index (κ2) is 10.3. The number of aliphatic hydroxyl groups is 1. The van der Waals surface area contributed by atoms with Crippen molar-refractivity contribution >= 4 is 54.1 Å². The van der Waals surface area contributed by atoms with Crippen LogP contribution in [0.4, 0.5) is 5.13 Å². The van der Waals surface area contributed by atoms with Gasteiger partial charge in [0.15, 0.2) is 5.13 Å². The summed E-state index contributed by atoms with van der Waals surface area (Å²) in [6, 6.07) is 13.7. The Kier molecular flexibility index (Phi) is 7.02. The van der Waals surface area contributed by atoms with Crippen LogP contribution in [0.2, 0.25) is 0 Å². The number of amides is 1. The predicted molar refractivity (Wildman–Crippen MR) is 137 cm³/mol. The summed E-state index contributed by atoms with van der Waals surface area (Å²) in [5.74, 6) is 0.675. The number of ether oxygens (including phenoxy) is 1. The predicted octanol–water partition coefficient (Wildman–Crippen LogP) is 3.21. The van der Waals surface area contributed by atoms with Crippen LogP contribution in [0.3, 0.4) is 0 Å². The second-order valence-corrected chi connectivity index (χ2v) is 10.7. The molecule has 3 heterocycles. The minimum absolute atomic E-state index is 0.0479. The van der Waals surface area contributed by atoms with E-state index in [0.29, 0.717) is 18.2 Å². The normalized spacial score (nSPS) is 16.2. The van der Waals surface area contributed by atoms with Crippen molar-refractivity contribution in [1.29, 1.82) is 0 Å². The number of nitrogens with zero attached hydrogens (tertiary/aromatic N) is 4. The number of aryl methyl sites for hydroxylation is 1. The Morgan fingerprint density at radius 2 is 1.82 bits per heavy atom. The van der Waals surface area contributed by atoms with E-state index >= 15 is 0 Å². The molecule has 1 atom stereocenters. The molecule has 0 saturated carbocycles. The molecule has 2 N–H and O–H groups in total. The highest BCUT2D eigenvalue weighted by molar-refractivity contribution is 7.22. The fourth-order valence-corrected chi connectivity index (χ4v) is 5.76. The van der Waals surface area contributed by atoms with E-state index in [9.17, 15) is 9.90 Å². The van der Waals surface area contributed by atoms with Crippen molar-refractivity contribution in [1.82, 2.24) is 19.8 Å². The van der Waals surface area contributed by atoms with Gasteiger partial charge < -0.3 is 15.2 Å². The van der Waals surface area contributed by atoms with Crippen LogP contribution < -0.4 is 10.1 Å². The smallest absolute Gasteiger partial charge is 0.240 e. The lowest BCUT2D eigenvalue weighted by Gasteiger charge is -2.35. The first-order valence-corrected chi connectivity index (χ1v) is 12.9. The van der Waals surface area contributed by atoms with Gasteiger partial charge >= 0.3 is 0 Å². The van der Waals surface area contributed by atoms with Crippen LogP contribution in [0.25, 0.3) is 20.4 Å². The Morgan fingerprint density at radius 3 is 2.65 bits per heavy atom. The van der Waals surface area contributed by atoms with E-state index in [1.54, 1.807) is 11.3 Å². The summed E-state index contributed by atoms with van der Waals surface area (Å²) >= 11 is 3.15. The van der Waals surface area contributed by atoms with E-state index < -0.39 is 6.10 Å². The average molecular weight is 498 g/mol. The van der Waals surface area contributed by atoms with Gasteiger partial charge in [0.25, 0.3) is 0 Å². The second-order valence-electron chi connectivity index (χ2n) is 8.44. The number of aliphatic hydroxyl groups excluding tert-OH is 1. The first-order valence-electron chi connectivity index (χ1n) is 11.3. The van der Waals surface area contributed by atoms with E-state index in [2.05, 4.69) is 25.1 Å². The number of anilines is 1. The molecule has 1 fully saturated rings. The van der Waals surface area contributed by atoms with E-state index in [4.69, 9.17) is 4.74 Å². The largest absolute Gasteiger partial charge is 0.491 e. The number of piperazine rings is 1. The molecule has 34 heavy (non-hydrogen) atoms. The zero-order valence-electron chi connectivity index (χ0n) is 18.9. The van der Waals surface area contributed by atoms with Gasteiger partial charge in [-0.25, -0.2) is 9.97 Å². The lowest BCUT2D eigenvalue weighted by Crippen LogP contribution is -2.50. The molecule has 178 valence electrons. The number of nitrogens with one attached hydrogen (secondary N) is 1. The number of carbonyl (C=O) groups is 1. The van der Waals surface area contributed by atoms with Gasteiger partial charge in [-0.2, -0.15) is 0 Å². The van der Waals surface area contributed by atoms with Crippen molar-refractivity contribution in [2.45, 2.75) is 13.0 Å². The highest BCUT2D eigenvalue weighted by Crippen LogP contribution is 2.26. The Labute approximate surface area is 205 Å². The number of hydrogen-bond donors (Lipinski definition) is 2. The minimum atomic E-state index is -0.582. The molecule has 5 rings (SSSR count). The van der Waals surface area contributed by atoms with E-state index in [1.165, 1.54) is 11.3 Å². The highest BCUT2D eigenvalue weighted by Gasteiger charge is 2.21. The highest BCUT2D eigenvalue weighted by atomic mass is 32.1. The van der Waals surface area contributed by atoms with Crippen molar-refractivity contribution in [3.8, 4) is 5.75 Å². The summed E-state index contributed by atoms with van der Waals surface area (Å²) in [6.07, 6.45) is -0.582. The molecule has 2 aromatic heterocycles. The third-order valence-corrected chi connectivity index (χ3v) is 7.65. The summed E-state index contributed by atoms with van der Waals surface area (Å²) in [5.41, 5.74) is 1.83. The molecule has 10 heteroatoms. The van der Waals surface area contributed by atoms with Crippen LogP contribution in [-0.4, -0.2) is 82.8 Å². The molecule has 0 aliphatic carbocycles. The maximum absolute atomic E-state index is 12.5. The molecule has 2 aromatic carbocycles. The summed E-state index contributed by atoms with van der Waals surface area (Å²) in [6.45, 7) is 6.27. The number of fused-ring (bicyclic) bond motifs is 2. The Balaban J connectivity index is 1.03. The lowest BCUT2D eigenvalue weighted by molar-refractivity contribution is -0.117. The molecule has 1 amide bonds. The zero-order chi connectivity index (χ0) is 23.5. The first kappa shape index (κ1) is 23.1. The quantitative estimate of drug-likeness (QED) is 0.386. The van der Waals surface area contributed by atoms with Gasteiger partial charge in [-0.05, 0) is 31.2 Å². The van der Waals surface area contributed by atoms with Crippen molar-refractivity contribution in [3.05, 3.63) is 47.5 Å². The van der Waals surface area contributed by atoms with Crippen molar-refractivity contribution in [2.24, 2.45) is 0 Å². The van der Waals surface area contributed by atoms with Crippen LogP contribution in [0, 0.1) is 6.92 Å². The van der Waals surface area contributed by atoms with Gasteiger partial charge in [-0.3, -0.25) is 14.6 Å². The number of β-amino-alcohol motifs (C(OH)–C–C–N with tert-alkyl or cyclic N) is 1. The zero-order valence-corrected chi connectivity index (χ0v) is 20.6. The monoisotopic (exact) mass is 497 g/mol. The number of rotatable bonds is 8. The molecule has 0 spiro atoms. The maximum Gasteiger partial charge on any atom is 0.240 e. The molecular weight excluding hydrogens is 470 g/mol. The Morgan fingerprint density at radius 1 is 1.06 bits per heavy atom. The summed E-state index contributed by atoms with van der Waals surface area (Å²) in [7, 11) is 0. The molecule has 0 bridgehead atoms. The van der Waals surface area contributed by atoms with Gasteiger partial charge in [-0.15, -0.1) is 11.3 Å². The van der Waals surface area contributed by atoms with Crippen LogP contribution in [0.15, 0.2) is 42.5 Å². The van der Waals surface area contributed by atoms with Crippen LogP contribution >= 0.6 is 22.7 Å². The topological polar surface area (TPSA) is 90.8 Å². The average Bonchev–Trinajstić information content (AvgIpc) is 3.40. The standard InChI is InChI=1S/C24H27N5O3S2/c1-16-25-20-12-18(6-7-22(20)33-16)32-15-17(30)13-28-8-10-29(11-9-28)14-23(31)27-24-26-19-4-2-3-5-21(19)34-24/h2-7,12,17,30H,8-11,13-15H2,1H3,(H,26,27,31). The van der Waals surface area contributed by atoms with Gasteiger partial charge in [0.2, 0.25) is 5.91 Å². The fourth-order valence-electron chi connectivity index (χ4n) is 4.07. The van der Waals surface area contributed by atoms with E-state index in [-0.39, 0.29) is 12.5 Å². The minimum Gasteiger partial charge on any atom is -0.491 e. The third kappa shape index (κ3) is 5.70. The van der Waals surface area contributed by atoms with Crippen molar-refractivity contribution in [2.75, 3.05) is 51.2 Å². The van der Waals surface area contributed by atoms with Gasteiger partial charge in [-0.1, -0.05) is 23.5 Å². The lowest BCUT2D eigenvalue weighted by atomic mass is 10.2. The number of carbonyl (C=O) groups excluding carboxylic acids is 1. The number of para-hydroxylation sites is 1. The molecule has 0 radical (unpaired) electrons. The van der Waals surface area contributed by atoms with Crippen LogP contribution in [0.5, 0.6) is 5.75 Å². The number of aromatic nitrogens is 2. The molecule has 4 aromatic rings. The van der Waals surface area contributed by atoms with E-state index in [1.807, 2.05) is 49.4 Å². The maximum atomic E-state index is 12.5. The fraction of sp³-hybridized carbons (Fsp3) is 0.375. The Bertz CT molecular complexity index is 1250.